The standard InChI is InChI=1S/C22H22N2O3/c1-22(2,3)16-12-10-15(11-13-16)14-23-21(25)19-8-4-7-18-17(19)6-5-9-20(18)24(26)27/h4-13H,14H2,1-3H3,(H,23,25). The molecule has 3 aromatic carbocycles. The highest BCUT2D eigenvalue weighted by atomic mass is 16.6. The molecule has 3 rings (SSSR count). The quantitative estimate of drug-likeness (QED) is 0.526. The minimum absolute atomic E-state index is 0.0000750. The molecule has 3 aromatic rings. The van der Waals surface area contributed by atoms with E-state index in [0.717, 1.165) is 5.56 Å². The van der Waals surface area contributed by atoms with Crippen molar-refractivity contribution in [3.05, 3.63) is 87.5 Å². The Morgan fingerprint density at radius 2 is 1.59 bits per heavy atom. The van der Waals surface area contributed by atoms with Gasteiger partial charge < -0.3 is 5.32 Å². The first-order valence-electron chi connectivity index (χ1n) is 8.81. The fraction of sp³-hybridized carbons (Fsp3) is 0.227. The molecule has 0 spiro atoms. The van der Waals surface area contributed by atoms with Crippen molar-refractivity contribution in [3.8, 4) is 0 Å². The van der Waals surface area contributed by atoms with Gasteiger partial charge in [-0.1, -0.05) is 63.2 Å². The Morgan fingerprint density at radius 3 is 2.22 bits per heavy atom. The van der Waals surface area contributed by atoms with E-state index in [9.17, 15) is 14.9 Å². The molecule has 27 heavy (non-hydrogen) atoms. The molecule has 1 N–H and O–H groups in total. The predicted molar refractivity (Wildman–Crippen MR) is 107 cm³/mol. The smallest absolute Gasteiger partial charge is 0.277 e. The maximum absolute atomic E-state index is 12.7. The van der Waals surface area contributed by atoms with Gasteiger partial charge in [0.25, 0.3) is 11.6 Å². The molecule has 1 amide bonds. The van der Waals surface area contributed by atoms with Crippen LogP contribution in [0.1, 0.15) is 42.3 Å². The van der Waals surface area contributed by atoms with Crippen molar-refractivity contribution in [2.75, 3.05) is 0 Å². The number of rotatable bonds is 4. The van der Waals surface area contributed by atoms with Crippen molar-refractivity contribution >= 4 is 22.4 Å². The number of fused-ring (bicyclic) bond motifs is 1. The average Bonchev–Trinajstić information content (AvgIpc) is 2.64. The van der Waals surface area contributed by atoms with Gasteiger partial charge in [0.2, 0.25) is 0 Å². The summed E-state index contributed by atoms with van der Waals surface area (Å²) in [6.07, 6.45) is 0. The first kappa shape index (κ1) is 18.6. The number of nitro groups is 1. The third kappa shape index (κ3) is 3.97. The molecule has 0 unspecified atom stereocenters. The molecular formula is C22H22N2O3. The second-order valence-corrected chi connectivity index (χ2v) is 7.56. The first-order valence-corrected chi connectivity index (χ1v) is 8.81. The minimum Gasteiger partial charge on any atom is -0.348 e. The lowest BCUT2D eigenvalue weighted by molar-refractivity contribution is -0.383. The molecule has 0 saturated carbocycles. The molecule has 0 bridgehead atoms. The van der Waals surface area contributed by atoms with Gasteiger partial charge in [-0.2, -0.15) is 0 Å². The number of benzene rings is 3. The summed E-state index contributed by atoms with van der Waals surface area (Å²) in [4.78, 5) is 23.4. The maximum atomic E-state index is 12.7. The van der Waals surface area contributed by atoms with Crippen LogP contribution in [0.4, 0.5) is 5.69 Å². The number of carbonyl (C=O) groups excluding carboxylic acids is 1. The number of hydrogen-bond donors (Lipinski definition) is 1. The predicted octanol–water partition coefficient (Wildman–Crippen LogP) is 4.98. The number of nitro benzene ring substituents is 1. The summed E-state index contributed by atoms with van der Waals surface area (Å²) in [6, 6.07) is 18.0. The second kappa shape index (κ2) is 7.19. The van der Waals surface area contributed by atoms with Crippen LogP contribution in [0.2, 0.25) is 0 Å². The Morgan fingerprint density at radius 1 is 0.963 bits per heavy atom. The van der Waals surface area contributed by atoms with E-state index in [1.807, 2.05) is 12.1 Å². The third-order valence-corrected chi connectivity index (χ3v) is 4.61. The van der Waals surface area contributed by atoms with E-state index in [-0.39, 0.29) is 17.0 Å². The zero-order valence-electron chi connectivity index (χ0n) is 15.7. The number of nitrogens with one attached hydrogen (secondary N) is 1. The van der Waals surface area contributed by atoms with Gasteiger partial charge in [-0.3, -0.25) is 14.9 Å². The van der Waals surface area contributed by atoms with Crippen LogP contribution in [-0.4, -0.2) is 10.8 Å². The van der Waals surface area contributed by atoms with Crippen LogP contribution in [0.15, 0.2) is 60.7 Å². The van der Waals surface area contributed by atoms with Gasteiger partial charge in [0.05, 0.1) is 10.3 Å². The lowest BCUT2D eigenvalue weighted by Crippen LogP contribution is -2.23. The van der Waals surface area contributed by atoms with Crippen molar-refractivity contribution in [3.63, 3.8) is 0 Å². The van der Waals surface area contributed by atoms with Crippen LogP contribution >= 0.6 is 0 Å². The monoisotopic (exact) mass is 362 g/mol. The number of hydrogen-bond acceptors (Lipinski definition) is 3. The van der Waals surface area contributed by atoms with Crippen molar-refractivity contribution in [1.29, 1.82) is 0 Å². The van der Waals surface area contributed by atoms with Crippen molar-refractivity contribution in [2.45, 2.75) is 32.7 Å². The van der Waals surface area contributed by atoms with Crippen LogP contribution in [-0.2, 0) is 12.0 Å². The van der Waals surface area contributed by atoms with E-state index in [4.69, 9.17) is 0 Å². The first-order chi connectivity index (χ1) is 12.8. The molecule has 0 fully saturated rings. The van der Waals surface area contributed by atoms with Gasteiger partial charge in [0.15, 0.2) is 0 Å². The maximum Gasteiger partial charge on any atom is 0.277 e. The lowest BCUT2D eigenvalue weighted by atomic mass is 9.87. The lowest BCUT2D eigenvalue weighted by Gasteiger charge is -2.19. The SMILES string of the molecule is CC(C)(C)c1ccc(CNC(=O)c2cccc3c([N+](=O)[O-])cccc23)cc1. The topological polar surface area (TPSA) is 72.2 Å². The van der Waals surface area contributed by atoms with Crippen LogP contribution in [0.25, 0.3) is 10.8 Å². The molecule has 0 aromatic heterocycles. The molecule has 5 heteroatoms. The van der Waals surface area contributed by atoms with Gasteiger partial charge in [-0.15, -0.1) is 0 Å². The Labute approximate surface area is 158 Å². The Balaban J connectivity index is 1.81. The van der Waals surface area contributed by atoms with Crippen LogP contribution in [0.5, 0.6) is 0 Å². The summed E-state index contributed by atoms with van der Waals surface area (Å²) in [5, 5.41) is 15.2. The van der Waals surface area contributed by atoms with Crippen LogP contribution in [0.3, 0.4) is 0 Å². The van der Waals surface area contributed by atoms with Gasteiger partial charge in [-0.25, -0.2) is 0 Å². The second-order valence-electron chi connectivity index (χ2n) is 7.56. The van der Waals surface area contributed by atoms with Crippen molar-refractivity contribution in [2.24, 2.45) is 0 Å². The molecular weight excluding hydrogens is 340 g/mol. The summed E-state index contributed by atoms with van der Waals surface area (Å²) in [5.41, 5.74) is 2.75. The van der Waals surface area contributed by atoms with Crippen molar-refractivity contribution in [1.82, 2.24) is 5.32 Å². The summed E-state index contributed by atoms with van der Waals surface area (Å²) in [5.74, 6) is -0.249. The third-order valence-electron chi connectivity index (χ3n) is 4.61. The van der Waals surface area contributed by atoms with Gasteiger partial charge >= 0.3 is 0 Å². The molecule has 138 valence electrons. The van der Waals surface area contributed by atoms with Gasteiger partial charge in [0.1, 0.15) is 0 Å². The normalized spacial score (nSPS) is 11.4. The molecule has 0 radical (unpaired) electrons. The molecule has 0 aliphatic carbocycles. The number of amides is 1. The zero-order chi connectivity index (χ0) is 19.6. The highest BCUT2D eigenvalue weighted by Crippen LogP contribution is 2.28. The van der Waals surface area contributed by atoms with Crippen molar-refractivity contribution < 1.29 is 9.72 Å². The zero-order valence-corrected chi connectivity index (χ0v) is 15.7. The molecule has 0 heterocycles. The molecule has 0 saturated heterocycles. The summed E-state index contributed by atoms with van der Waals surface area (Å²) in [7, 11) is 0. The summed E-state index contributed by atoms with van der Waals surface area (Å²) >= 11 is 0. The number of carbonyl (C=O) groups is 1. The van der Waals surface area contributed by atoms with Crippen LogP contribution < -0.4 is 5.32 Å². The summed E-state index contributed by atoms with van der Waals surface area (Å²) < 4.78 is 0. The van der Waals surface area contributed by atoms with Gasteiger partial charge in [-0.05, 0) is 28.7 Å². The van der Waals surface area contributed by atoms with Gasteiger partial charge in [0, 0.05) is 23.6 Å². The Hall–Kier alpha value is -3.21. The highest BCUT2D eigenvalue weighted by molar-refractivity contribution is 6.09. The van der Waals surface area contributed by atoms with E-state index >= 15 is 0 Å². The fourth-order valence-electron chi connectivity index (χ4n) is 3.05. The average molecular weight is 362 g/mol. The number of nitrogens with zero attached hydrogens (tertiary/aromatic N) is 1. The van der Waals surface area contributed by atoms with Crippen LogP contribution in [0, 0.1) is 10.1 Å². The molecule has 0 aliphatic rings. The molecule has 0 atom stereocenters. The highest BCUT2D eigenvalue weighted by Gasteiger charge is 2.16. The minimum atomic E-state index is -0.430. The largest absolute Gasteiger partial charge is 0.348 e. The van der Waals surface area contributed by atoms with E-state index in [1.165, 1.54) is 11.6 Å². The van der Waals surface area contributed by atoms with E-state index < -0.39 is 4.92 Å². The Bertz CT molecular complexity index is 1000. The number of non-ortho nitro benzene ring substituents is 1. The van der Waals surface area contributed by atoms with E-state index in [2.05, 4.69) is 38.2 Å². The fourth-order valence-corrected chi connectivity index (χ4v) is 3.05. The molecule has 0 aliphatic heterocycles. The van der Waals surface area contributed by atoms with E-state index in [0.29, 0.717) is 22.9 Å². The Kier molecular flexibility index (Phi) is 4.95. The summed E-state index contributed by atoms with van der Waals surface area (Å²) in [6.45, 7) is 6.87. The van der Waals surface area contributed by atoms with E-state index in [1.54, 1.807) is 30.3 Å². The molecule has 5 nitrogen and oxygen atoms in total.